The van der Waals surface area contributed by atoms with Gasteiger partial charge in [-0.05, 0) is 37.6 Å². The molecule has 10 nitrogen and oxygen atoms in total. The lowest BCUT2D eigenvalue weighted by molar-refractivity contribution is 0.0589. The molecule has 1 aliphatic heterocycles. The molecule has 1 N–H and O–H groups in total. The van der Waals surface area contributed by atoms with Crippen molar-refractivity contribution in [1.29, 1.82) is 0 Å². The van der Waals surface area contributed by atoms with Crippen molar-refractivity contribution in [2.45, 2.75) is 31.9 Å². The zero-order chi connectivity index (χ0) is 25.6. The first-order valence-corrected chi connectivity index (χ1v) is 11.8. The normalized spacial score (nSPS) is 19.7. The van der Waals surface area contributed by atoms with Crippen molar-refractivity contribution in [2.24, 2.45) is 0 Å². The number of carbonyl (C=O) groups excluding carboxylic acids is 1. The van der Waals surface area contributed by atoms with Crippen LogP contribution in [0, 0.1) is 6.92 Å². The minimum Gasteiger partial charge on any atom is -0.493 e. The Morgan fingerprint density at radius 1 is 1.14 bits per heavy atom. The van der Waals surface area contributed by atoms with Crippen LogP contribution < -0.4 is 9.47 Å². The molecule has 0 bridgehead atoms. The molecule has 1 amide bonds. The van der Waals surface area contributed by atoms with Crippen LogP contribution in [0.4, 0.5) is 0 Å². The highest BCUT2D eigenvalue weighted by Gasteiger charge is 2.49. The van der Waals surface area contributed by atoms with Gasteiger partial charge in [-0.3, -0.25) is 4.79 Å². The fourth-order valence-corrected chi connectivity index (χ4v) is 5.00. The van der Waals surface area contributed by atoms with E-state index in [-0.39, 0.29) is 12.0 Å². The van der Waals surface area contributed by atoms with Gasteiger partial charge < -0.3 is 24.1 Å². The lowest BCUT2D eigenvalue weighted by atomic mass is 9.96. The largest absolute Gasteiger partial charge is 0.493 e. The Hall–Kier alpha value is -3.63. The predicted octanol–water partition coefficient (Wildman–Crippen LogP) is 3.90. The molecule has 2 aromatic carbocycles. The second kappa shape index (κ2) is 9.11. The number of aromatic nitrogens is 5. The lowest BCUT2D eigenvalue weighted by Crippen LogP contribution is -2.44. The van der Waals surface area contributed by atoms with Gasteiger partial charge in [0.1, 0.15) is 17.1 Å². The third kappa shape index (κ3) is 3.77. The number of amides is 1. The average molecular weight is 511 g/mol. The van der Waals surface area contributed by atoms with E-state index in [4.69, 9.17) is 30.8 Å². The maximum Gasteiger partial charge on any atom is 0.257 e. The smallest absolute Gasteiger partial charge is 0.257 e. The molecule has 36 heavy (non-hydrogen) atoms. The van der Waals surface area contributed by atoms with Gasteiger partial charge in [-0.25, -0.2) is 4.98 Å². The molecule has 1 fully saturated rings. The molecule has 0 aliphatic carbocycles. The van der Waals surface area contributed by atoms with Crippen LogP contribution in [0.15, 0.2) is 36.7 Å². The Balaban J connectivity index is 1.65. The van der Waals surface area contributed by atoms with E-state index < -0.39 is 5.54 Å². The highest BCUT2D eigenvalue weighted by Crippen LogP contribution is 2.42. The highest BCUT2D eigenvalue weighted by atomic mass is 35.5. The summed E-state index contributed by atoms with van der Waals surface area (Å²) < 4.78 is 16.7. The second-order valence-corrected chi connectivity index (χ2v) is 9.36. The van der Waals surface area contributed by atoms with Crippen LogP contribution in [-0.2, 0) is 10.3 Å². The first kappa shape index (κ1) is 24.1. The van der Waals surface area contributed by atoms with E-state index in [1.54, 1.807) is 36.5 Å². The van der Waals surface area contributed by atoms with Crippen molar-refractivity contribution in [3.63, 3.8) is 0 Å². The maximum absolute atomic E-state index is 14.3. The number of carbonyl (C=O) groups is 1. The van der Waals surface area contributed by atoms with Gasteiger partial charge in [0.05, 0.1) is 49.3 Å². The van der Waals surface area contributed by atoms with E-state index in [2.05, 4.69) is 15.2 Å². The molecule has 1 unspecified atom stereocenters. The van der Waals surface area contributed by atoms with Gasteiger partial charge in [0.15, 0.2) is 11.5 Å². The highest BCUT2D eigenvalue weighted by molar-refractivity contribution is 6.32. The summed E-state index contributed by atoms with van der Waals surface area (Å²) in [7, 11) is 4.72. The van der Waals surface area contributed by atoms with Gasteiger partial charge in [0, 0.05) is 31.2 Å². The lowest BCUT2D eigenvalue weighted by Gasteiger charge is -2.33. The third-order valence-electron chi connectivity index (χ3n) is 6.90. The number of methoxy groups -OCH3 is 3. The molecular formula is C25H27ClN6O4. The van der Waals surface area contributed by atoms with E-state index in [1.165, 1.54) is 19.0 Å². The van der Waals surface area contributed by atoms with Gasteiger partial charge in [0.2, 0.25) is 0 Å². The number of nitrogens with zero attached hydrogens (tertiary/aromatic N) is 5. The molecule has 11 heteroatoms. The van der Waals surface area contributed by atoms with Crippen LogP contribution in [0.2, 0.25) is 5.02 Å². The number of rotatable bonds is 6. The summed E-state index contributed by atoms with van der Waals surface area (Å²) in [4.78, 5) is 25.7. The quantitative estimate of drug-likeness (QED) is 0.419. The summed E-state index contributed by atoms with van der Waals surface area (Å²) in [5, 5.41) is 9.12. The van der Waals surface area contributed by atoms with Crippen LogP contribution in [0.25, 0.3) is 16.7 Å². The van der Waals surface area contributed by atoms with Gasteiger partial charge in [0.25, 0.3) is 5.91 Å². The number of likely N-dealkylation sites (tertiary alicyclic amines) is 1. The number of nitrogens with one attached hydrogen (secondary N) is 1. The van der Waals surface area contributed by atoms with Crippen molar-refractivity contribution in [2.75, 3.05) is 27.9 Å². The maximum atomic E-state index is 14.3. The fraction of sp³-hybridized carbons (Fsp3) is 0.360. The van der Waals surface area contributed by atoms with Crippen molar-refractivity contribution >= 4 is 28.5 Å². The van der Waals surface area contributed by atoms with Crippen LogP contribution in [0.3, 0.4) is 0 Å². The number of fused-ring (bicyclic) bond motifs is 1. The van der Waals surface area contributed by atoms with Crippen molar-refractivity contribution in [3.05, 3.63) is 58.6 Å². The summed E-state index contributed by atoms with van der Waals surface area (Å²) in [6, 6.07) is 7.09. The van der Waals surface area contributed by atoms with E-state index >= 15 is 0 Å². The number of imidazole rings is 1. The summed E-state index contributed by atoms with van der Waals surface area (Å²) in [5.74, 6) is 1.32. The van der Waals surface area contributed by atoms with E-state index in [0.29, 0.717) is 46.6 Å². The number of hydrogen-bond acceptors (Lipinski definition) is 7. The minimum absolute atomic E-state index is 0.178. The zero-order valence-electron chi connectivity index (χ0n) is 20.7. The number of aryl methyl sites for hydroxylation is 1. The fourth-order valence-electron chi connectivity index (χ4n) is 4.85. The Kier molecular flexibility index (Phi) is 6.09. The van der Waals surface area contributed by atoms with Crippen molar-refractivity contribution < 1.29 is 19.0 Å². The molecule has 0 spiro atoms. The number of hydrogen-bond donors (Lipinski definition) is 1. The first-order chi connectivity index (χ1) is 17.3. The van der Waals surface area contributed by atoms with E-state index in [9.17, 15) is 4.79 Å². The summed E-state index contributed by atoms with van der Waals surface area (Å²) in [6.07, 6.45) is 3.48. The van der Waals surface area contributed by atoms with Crippen LogP contribution in [-0.4, -0.2) is 69.7 Å². The van der Waals surface area contributed by atoms with Gasteiger partial charge in [-0.1, -0.05) is 11.6 Å². The monoisotopic (exact) mass is 510 g/mol. The van der Waals surface area contributed by atoms with Crippen LogP contribution >= 0.6 is 11.6 Å². The minimum atomic E-state index is -0.780. The SMILES string of the molecule is COc1cc(C(=O)N2C[C@H](OC)CC2(C)c2nc3c(C)c(Cl)ccc3[nH]2)c(-n2nccn2)cc1OC. The van der Waals surface area contributed by atoms with Gasteiger partial charge in [-0.2, -0.15) is 15.0 Å². The molecule has 0 radical (unpaired) electrons. The Labute approximate surface area is 213 Å². The molecule has 5 rings (SSSR count). The number of benzene rings is 2. The third-order valence-corrected chi connectivity index (χ3v) is 7.31. The van der Waals surface area contributed by atoms with Crippen molar-refractivity contribution in [3.8, 4) is 17.2 Å². The molecule has 3 heterocycles. The zero-order valence-corrected chi connectivity index (χ0v) is 21.5. The van der Waals surface area contributed by atoms with Gasteiger partial charge >= 0.3 is 0 Å². The molecule has 0 saturated carbocycles. The molecule has 1 saturated heterocycles. The number of H-pyrrole nitrogens is 1. The summed E-state index contributed by atoms with van der Waals surface area (Å²) in [6.45, 7) is 4.30. The van der Waals surface area contributed by atoms with Crippen LogP contribution in [0.1, 0.15) is 35.1 Å². The first-order valence-electron chi connectivity index (χ1n) is 11.4. The Morgan fingerprint density at radius 3 is 2.50 bits per heavy atom. The van der Waals surface area contributed by atoms with E-state index in [0.717, 1.165) is 16.6 Å². The van der Waals surface area contributed by atoms with Crippen molar-refractivity contribution in [1.82, 2.24) is 29.9 Å². The molecule has 2 atom stereocenters. The topological polar surface area (TPSA) is 107 Å². The Morgan fingerprint density at radius 2 is 1.83 bits per heavy atom. The summed E-state index contributed by atoms with van der Waals surface area (Å²) >= 11 is 6.34. The van der Waals surface area contributed by atoms with Gasteiger partial charge in [-0.15, -0.1) is 0 Å². The number of ether oxygens (including phenoxy) is 3. The number of halogens is 1. The molecule has 188 valence electrons. The van der Waals surface area contributed by atoms with Crippen LogP contribution in [0.5, 0.6) is 11.5 Å². The molecule has 1 aliphatic rings. The predicted molar refractivity (Wildman–Crippen MR) is 134 cm³/mol. The Bertz CT molecular complexity index is 1440. The molecular weight excluding hydrogens is 484 g/mol. The molecule has 2 aromatic heterocycles. The summed E-state index contributed by atoms with van der Waals surface area (Å²) in [5.41, 5.74) is 2.57. The standard InChI is InChI=1S/C25H27ClN6O4/c1-14-17(26)6-7-18-22(14)30-24(29-18)25(2)12-15(34-3)13-31(25)23(33)16-10-20(35-4)21(36-5)11-19(16)32-27-8-9-28-32/h6-11,15H,12-13H2,1-5H3,(H,29,30)/t15-,25?/m1/s1. The van der Waals surface area contributed by atoms with E-state index in [1.807, 2.05) is 26.0 Å². The number of aromatic amines is 1. The molecule has 4 aromatic rings. The average Bonchev–Trinajstić information content (AvgIpc) is 3.64. The second-order valence-electron chi connectivity index (χ2n) is 8.95.